The minimum atomic E-state index is -0.964. The van der Waals surface area contributed by atoms with Crippen molar-refractivity contribution < 1.29 is 9.59 Å². The van der Waals surface area contributed by atoms with Crippen LogP contribution < -0.4 is 21.9 Å². The molecule has 0 radical (unpaired) electrons. The highest BCUT2D eigenvalue weighted by Gasteiger charge is 2.36. The third-order valence-corrected chi connectivity index (χ3v) is 4.67. The van der Waals surface area contributed by atoms with Crippen molar-refractivity contribution in [3.63, 3.8) is 0 Å². The fourth-order valence-corrected chi connectivity index (χ4v) is 3.20. The largest absolute Gasteiger partial charge is 0.332 e. The molecular weight excluding hydrogens is 336 g/mol. The van der Waals surface area contributed by atoms with Crippen LogP contribution in [0.15, 0.2) is 33.9 Å². The quantitative estimate of drug-likeness (QED) is 0.845. The van der Waals surface area contributed by atoms with Crippen LogP contribution in [0.1, 0.15) is 30.4 Å². The molecule has 0 fully saturated rings. The Morgan fingerprint density at radius 1 is 1.19 bits per heavy atom. The number of aromatic nitrogens is 2. The van der Waals surface area contributed by atoms with Gasteiger partial charge >= 0.3 is 5.69 Å². The van der Waals surface area contributed by atoms with Crippen molar-refractivity contribution in [3.8, 4) is 0 Å². The second-order valence-corrected chi connectivity index (χ2v) is 6.27. The molecule has 0 spiro atoms. The molecule has 0 aliphatic carbocycles. The molecule has 0 bridgehead atoms. The second-order valence-electron chi connectivity index (χ2n) is 6.27. The summed E-state index contributed by atoms with van der Waals surface area (Å²) in [5, 5.41) is 5.36. The standard InChI is InChI=1S/C18H20N4O4/c1-4-10-7-5-6-8-12(10)19-16(24)11-9-13(23)20-15-14(11)17(25)22(3)18(26)21(15)2/h5-8,11H,4,9H2,1-3H3,(H,19,24)(H,20,23). The average Bonchev–Trinajstić information content (AvgIpc) is 2.64. The highest BCUT2D eigenvalue weighted by molar-refractivity contribution is 6.04. The van der Waals surface area contributed by atoms with Gasteiger partial charge in [-0.15, -0.1) is 0 Å². The molecule has 8 heteroatoms. The van der Waals surface area contributed by atoms with E-state index in [4.69, 9.17) is 0 Å². The van der Waals surface area contributed by atoms with E-state index in [-0.39, 0.29) is 17.8 Å². The lowest BCUT2D eigenvalue weighted by atomic mass is 9.92. The van der Waals surface area contributed by atoms with Crippen molar-refractivity contribution in [3.05, 3.63) is 56.2 Å². The highest BCUT2D eigenvalue weighted by atomic mass is 16.2. The molecule has 8 nitrogen and oxygen atoms in total. The number of fused-ring (bicyclic) bond motifs is 1. The first-order chi connectivity index (χ1) is 12.3. The number of aryl methyl sites for hydroxylation is 1. The van der Waals surface area contributed by atoms with Crippen LogP contribution in [-0.4, -0.2) is 20.9 Å². The van der Waals surface area contributed by atoms with Crippen LogP contribution in [0.5, 0.6) is 0 Å². The van der Waals surface area contributed by atoms with Gasteiger partial charge in [0, 0.05) is 26.2 Å². The van der Waals surface area contributed by atoms with E-state index in [1.54, 1.807) is 12.1 Å². The van der Waals surface area contributed by atoms with Crippen molar-refractivity contribution >= 4 is 23.3 Å². The van der Waals surface area contributed by atoms with Crippen molar-refractivity contribution in [2.24, 2.45) is 14.1 Å². The summed E-state index contributed by atoms with van der Waals surface area (Å²) in [5.41, 5.74) is 0.586. The van der Waals surface area contributed by atoms with Crippen LogP contribution in [0.3, 0.4) is 0 Å². The Morgan fingerprint density at radius 2 is 1.88 bits per heavy atom. The van der Waals surface area contributed by atoms with Gasteiger partial charge in [-0.1, -0.05) is 25.1 Å². The van der Waals surface area contributed by atoms with Gasteiger partial charge in [0.1, 0.15) is 5.82 Å². The average molecular weight is 356 g/mol. The van der Waals surface area contributed by atoms with E-state index >= 15 is 0 Å². The lowest BCUT2D eigenvalue weighted by molar-refractivity contribution is -0.123. The van der Waals surface area contributed by atoms with Gasteiger partial charge in [-0.05, 0) is 18.1 Å². The Hall–Kier alpha value is -3.16. The Labute approximate surface area is 149 Å². The zero-order chi connectivity index (χ0) is 19.0. The summed E-state index contributed by atoms with van der Waals surface area (Å²) in [6.45, 7) is 1.97. The highest BCUT2D eigenvalue weighted by Crippen LogP contribution is 2.30. The Morgan fingerprint density at radius 3 is 2.58 bits per heavy atom. The number of amides is 2. The van der Waals surface area contributed by atoms with Crippen molar-refractivity contribution in [2.45, 2.75) is 25.7 Å². The number of nitrogens with one attached hydrogen (secondary N) is 2. The van der Waals surface area contributed by atoms with Crippen molar-refractivity contribution in [1.29, 1.82) is 0 Å². The number of benzene rings is 1. The van der Waals surface area contributed by atoms with E-state index in [2.05, 4.69) is 10.6 Å². The molecule has 3 rings (SSSR count). The summed E-state index contributed by atoms with van der Waals surface area (Å²) in [6, 6.07) is 7.36. The third-order valence-electron chi connectivity index (χ3n) is 4.67. The fourth-order valence-electron chi connectivity index (χ4n) is 3.20. The van der Waals surface area contributed by atoms with Crippen molar-refractivity contribution in [2.75, 3.05) is 10.6 Å². The molecule has 1 aromatic carbocycles. The van der Waals surface area contributed by atoms with Gasteiger partial charge in [0.25, 0.3) is 5.56 Å². The molecule has 2 heterocycles. The van der Waals surface area contributed by atoms with E-state index in [9.17, 15) is 19.2 Å². The van der Waals surface area contributed by atoms with E-state index in [1.165, 1.54) is 18.7 Å². The summed E-state index contributed by atoms with van der Waals surface area (Å²) >= 11 is 0. The molecule has 2 aromatic rings. The zero-order valence-electron chi connectivity index (χ0n) is 14.8. The van der Waals surface area contributed by atoms with Crippen LogP contribution in [0.2, 0.25) is 0 Å². The van der Waals surface area contributed by atoms with Gasteiger partial charge in [-0.2, -0.15) is 0 Å². The molecule has 136 valence electrons. The maximum atomic E-state index is 12.9. The smallest absolute Gasteiger partial charge is 0.325 e. The van der Waals surface area contributed by atoms with Crippen LogP contribution in [0.25, 0.3) is 0 Å². The van der Waals surface area contributed by atoms with Gasteiger partial charge in [0.2, 0.25) is 11.8 Å². The van der Waals surface area contributed by atoms with Gasteiger partial charge in [-0.3, -0.25) is 23.5 Å². The van der Waals surface area contributed by atoms with Gasteiger partial charge in [-0.25, -0.2) is 4.79 Å². The van der Waals surface area contributed by atoms with E-state index in [1.807, 2.05) is 19.1 Å². The molecule has 1 unspecified atom stereocenters. The number of carbonyl (C=O) groups excluding carboxylic acids is 2. The Balaban J connectivity index is 2.08. The molecule has 1 aromatic heterocycles. The number of anilines is 2. The number of hydrogen-bond acceptors (Lipinski definition) is 4. The zero-order valence-corrected chi connectivity index (χ0v) is 14.8. The SMILES string of the molecule is CCc1ccccc1NC(=O)C1CC(=O)Nc2c1c(=O)n(C)c(=O)n2C. The minimum Gasteiger partial charge on any atom is -0.325 e. The first-order valence-electron chi connectivity index (χ1n) is 8.33. The lowest BCUT2D eigenvalue weighted by Gasteiger charge is -2.26. The summed E-state index contributed by atoms with van der Waals surface area (Å²) < 4.78 is 2.12. The molecule has 1 aliphatic rings. The normalized spacial score (nSPS) is 16.0. The number of rotatable bonds is 3. The first kappa shape index (κ1) is 17.7. The summed E-state index contributed by atoms with van der Waals surface area (Å²) in [5.74, 6) is -1.74. The summed E-state index contributed by atoms with van der Waals surface area (Å²) in [4.78, 5) is 49.6. The monoisotopic (exact) mass is 356 g/mol. The van der Waals surface area contributed by atoms with E-state index in [0.29, 0.717) is 5.69 Å². The minimum absolute atomic E-state index is 0.0817. The van der Waals surface area contributed by atoms with Crippen molar-refractivity contribution in [1.82, 2.24) is 9.13 Å². The van der Waals surface area contributed by atoms with Gasteiger partial charge in [0.15, 0.2) is 0 Å². The predicted molar refractivity (Wildman–Crippen MR) is 97.4 cm³/mol. The topological polar surface area (TPSA) is 102 Å². The van der Waals surface area contributed by atoms with Crippen LogP contribution in [0, 0.1) is 0 Å². The number of nitrogens with zero attached hydrogens (tertiary/aromatic N) is 2. The van der Waals surface area contributed by atoms with Crippen LogP contribution in [-0.2, 0) is 30.1 Å². The molecule has 1 atom stereocenters. The van der Waals surface area contributed by atoms with Gasteiger partial charge in [0.05, 0.1) is 11.5 Å². The molecule has 26 heavy (non-hydrogen) atoms. The first-order valence-corrected chi connectivity index (χ1v) is 8.33. The number of carbonyl (C=O) groups is 2. The molecule has 0 saturated carbocycles. The molecule has 0 saturated heterocycles. The third kappa shape index (κ3) is 2.83. The van der Waals surface area contributed by atoms with Crippen LogP contribution in [0.4, 0.5) is 11.5 Å². The number of para-hydroxylation sites is 1. The summed E-state index contributed by atoms with van der Waals surface area (Å²) in [7, 11) is 2.80. The fraction of sp³-hybridized carbons (Fsp3) is 0.333. The van der Waals surface area contributed by atoms with Gasteiger partial charge < -0.3 is 10.6 Å². The van der Waals surface area contributed by atoms with Crippen LogP contribution >= 0.6 is 0 Å². The maximum absolute atomic E-state index is 12.9. The summed E-state index contributed by atoms with van der Waals surface area (Å²) in [6.07, 6.45) is 0.578. The lowest BCUT2D eigenvalue weighted by Crippen LogP contribution is -2.45. The predicted octanol–water partition coefficient (Wildman–Crippen LogP) is 0.711. The van der Waals surface area contributed by atoms with E-state index < -0.39 is 29.0 Å². The molecule has 2 N–H and O–H groups in total. The Kier molecular flexibility index (Phi) is 4.50. The van der Waals surface area contributed by atoms with E-state index in [0.717, 1.165) is 16.6 Å². The second kappa shape index (κ2) is 6.62. The molecule has 1 aliphatic heterocycles. The Bertz CT molecular complexity index is 1020. The molecular formula is C18H20N4O4. The number of hydrogen-bond donors (Lipinski definition) is 2. The maximum Gasteiger partial charge on any atom is 0.332 e. The molecule has 2 amide bonds.